The molecule has 0 saturated carbocycles. The van der Waals surface area contributed by atoms with E-state index in [9.17, 15) is 0 Å². The van der Waals surface area contributed by atoms with Gasteiger partial charge in [-0.2, -0.15) is 0 Å². The summed E-state index contributed by atoms with van der Waals surface area (Å²) in [5.41, 5.74) is 7.82. The van der Waals surface area contributed by atoms with E-state index in [0.717, 1.165) is 6.42 Å². The first kappa shape index (κ1) is 16.2. The van der Waals surface area contributed by atoms with Crippen molar-refractivity contribution >= 4 is 9.24 Å². The monoisotopic (exact) mass is 217 g/mol. The van der Waals surface area contributed by atoms with E-state index >= 15 is 0 Å². The van der Waals surface area contributed by atoms with Crippen LogP contribution >= 0.6 is 9.24 Å². The SMILES string of the molecule is CCCCCN=[N+]=[N-].CCCCCP. The Morgan fingerprint density at radius 3 is 2.00 bits per heavy atom. The van der Waals surface area contributed by atoms with Crippen LogP contribution in [0.1, 0.15) is 52.4 Å². The normalized spacial score (nSPS) is 8.50. The average Bonchev–Trinajstić information content (AvgIpc) is 2.22. The molecule has 0 saturated heterocycles. The second-order valence-electron chi connectivity index (χ2n) is 3.16. The quantitative estimate of drug-likeness (QED) is 0.198. The molecule has 0 aromatic heterocycles. The lowest BCUT2D eigenvalue weighted by molar-refractivity contribution is 0.725. The molecular weight excluding hydrogens is 193 g/mol. The molecule has 0 fully saturated rings. The van der Waals surface area contributed by atoms with Crippen LogP contribution in [0.15, 0.2) is 5.11 Å². The van der Waals surface area contributed by atoms with Crippen LogP contribution in [0.3, 0.4) is 0 Å². The molecule has 0 amide bonds. The van der Waals surface area contributed by atoms with E-state index in [0.29, 0.717) is 6.54 Å². The van der Waals surface area contributed by atoms with Crippen molar-refractivity contribution in [2.45, 2.75) is 52.4 Å². The van der Waals surface area contributed by atoms with Crippen molar-refractivity contribution in [3.63, 3.8) is 0 Å². The number of hydrogen-bond acceptors (Lipinski definition) is 1. The zero-order chi connectivity index (χ0) is 11.1. The van der Waals surface area contributed by atoms with Crippen LogP contribution in [0.2, 0.25) is 0 Å². The van der Waals surface area contributed by atoms with Crippen LogP contribution in [0, 0.1) is 0 Å². The Morgan fingerprint density at radius 1 is 1.07 bits per heavy atom. The Morgan fingerprint density at radius 2 is 1.64 bits per heavy atom. The van der Waals surface area contributed by atoms with Crippen LogP contribution in [-0.4, -0.2) is 12.7 Å². The summed E-state index contributed by atoms with van der Waals surface area (Å²) >= 11 is 0. The molecule has 0 bridgehead atoms. The molecular formula is C10H24N3P. The van der Waals surface area contributed by atoms with Gasteiger partial charge in [0, 0.05) is 11.5 Å². The van der Waals surface area contributed by atoms with E-state index in [1.54, 1.807) is 0 Å². The largest absolute Gasteiger partial charge is 0.138 e. The second kappa shape index (κ2) is 18.5. The highest BCUT2D eigenvalue weighted by molar-refractivity contribution is 7.16. The lowest BCUT2D eigenvalue weighted by Gasteiger charge is -1.86. The third-order valence-corrected chi connectivity index (χ3v) is 2.14. The maximum Gasteiger partial charge on any atom is 0.0257 e. The Kier molecular flexibility index (Phi) is 21.4. The number of azide groups is 1. The highest BCUT2D eigenvalue weighted by atomic mass is 31.0. The third-order valence-electron chi connectivity index (χ3n) is 1.73. The molecule has 0 heterocycles. The van der Waals surface area contributed by atoms with Crippen molar-refractivity contribution in [1.29, 1.82) is 0 Å². The number of unbranched alkanes of at least 4 members (excludes halogenated alkanes) is 4. The fourth-order valence-corrected chi connectivity index (χ4v) is 1.16. The molecule has 1 atom stereocenters. The van der Waals surface area contributed by atoms with Gasteiger partial charge in [0.05, 0.1) is 0 Å². The molecule has 4 heteroatoms. The Balaban J connectivity index is 0. The van der Waals surface area contributed by atoms with E-state index in [4.69, 9.17) is 5.53 Å². The van der Waals surface area contributed by atoms with Gasteiger partial charge in [0.1, 0.15) is 0 Å². The molecule has 0 radical (unpaired) electrons. The van der Waals surface area contributed by atoms with Gasteiger partial charge in [0.15, 0.2) is 0 Å². The zero-order valence-corrected chi connectivity index (χ0v) is 10.7. The van der Waals surface area contributed by atoms with Crippen LogP contribution < -0.4 is 0 Å². The number of nitrogens with zero attached hydrogens (tertiary/aromatic N) is 3. The fraction of sp³-hybridized carbons (Fsp3) is 1.00. The van der Waals surface area contributed by atoms with E-state index in [2.05, 4.69) is 33.1 Å². The molecule has 3 nitrogen and oxygen atoms in total. The lowest BCUT2D eigenvalue weighted by atomic mass is 10.3. The van der Waals surface area contributed by atoms with Gasteiger partial charge in [0.25, 0.3) is 0 Å². The fourth-order valence-electron chi connectivity index (χ4n) is 0.872. The minimum absolute atomic E-state index is 0.657. The predicted molar refractivity (Wildman–Crippen MR) is 67.6 cm³/mol. The molecule has 0 N–H and O–H groups in total. The summed E-state index contributed by atoms with van der Waals surface area (Å²) in [5, 5.41) is 3.39. The maximum atomic E-state index is 7.82. The molecule has 0 aliphatic rings. The second-order valence-corrected chi connectivity index (χ2v) is 3.73. The van der Waals surface area contributed by atoms with Crippen molar-refractivity contribution in [3.8, 4) is 0 Å². The van der Waals surface area contributed by atoms with Gasteiger partial charge in [-0.25, -0.2) is 0 Å². The molecule has 0 rings (SSSR count). The molecule has 14 heavy (non-hydrogen) atoms. The van der Waals surface area contributed by atoms with Crippen molar-refractivity contribution in [2.24, 2.45) is 5.11 Å². The molecule has 0 spiro atoms. The first-order chi connectivity index (χ1) is 6.83. The van der Waals surface area contributed by atoms with Crippen LogP contribution in [0.25, 0.3) is 10.4 Å². The first-order valence-corrected chi connectivity index (χ1v) is 6.36. The summed E-state index contributed by atoms with van der Waals surface area (Å²) in [6, 6.07) is 0. The van der Waals surface area contributed by atoms with Gasteiger partial charge < -0.3 is 0 Å². The maximum absolute atomic E-state index is 7.82. The highest BCUT2D eigenvalue weighted by Gasteiger charge is 1.79. The smallest absolute Gasteiger partial charge is 0.0257 e. The first-order valence-electron chi connectivity index (χ1n) is 5.54. The van der Waals surface area contributed by atoms with E-state index in [1.165, 1.54) is 38.3 Å². The summed E-state index contributed by atoms with van der Waals surface area (Å²) < 4.78 is 0. The van der Waals surface area contributed by atoms with Crippen LogP contribution in [0.5, 0.6) is 0 Å². The average molecular weight is 217 g/mol. The summed E-state index contributed by atoms with van der Waals surface area (Å²) in [6.45, 7) is 5.00. The molecule has 0 aromatic carbocycles. The standard InChI is InChI=1S/C5H11N3.C5H13P/c1-2-3-4-5-7-8-6;1-2-3-4-5-6/h2-5H2,1H3;2-6H2,1H3. The highest BCUT2D eigenvalue weighted by Crippen LogP contribution is 1.95. The van der Waals surface area contributed by atoms with Crippen molar-refractivity contribution < 1.29 is 0 Å². The van der Waals surface area contributed by atoms with Gasteiger partial charge in [0.2, 0.25) is 0 Å². The van der Waals surface area contributed by atoms with Crippen LogP contribution in [-0.2, 0) is 0 Å². The predicted octanol–water partition coefficient (Wildman–Crippen LogP) is 4.54. The zero-order valence-electron chi connectivity index (χ0n) is 9.58. The Bertz CT molecular complexity index is 129. The Hall–Kier alpha value is -0.260. The minimum atomic E-state index is 0.657. The molecule has 1 unspecified atom stereocenters. The van der Waals surface area contributed by atoms with Crippen molar-refractivity contribution in [1.82, 2.24) is 0 Å². The molecule has 0 aromatic rings. The van der Waals surface area contributed by atoms with Crippen molar-refractivity contribution in [3.05, 3.63) is 10.4 Å². The summed E-state index contributed by atoms with van der Waals surface area (Å²) in [4.78, 5) is 2.63. The summed E-state index contributed by atoms with van der Waals surface area (Å²) in [6.07, 6.45) is 8.76. The van der Waals surface area contributed by atoms with Crippen LogP contribution in [0.4, 0.5) is 0 Å². The lowest BCUT2D eigenvalue weighted by Crippen LogP contribution is -1.76. The van der Waals surface area contributed by atoms with E-state index < -0.39 is 0 Å². The topological polar surface area (TPSA) is 48.8 Å². The van der Waals surface area contributed by atoms with Gasteiger partial charge >= 0.3 is 0 Å². The van der Waals surface area contributed by atoms with E-state index in [-0.39, 0.29) is 0 Å². The van der Waals surface area contributed by atoms with Gasteiger partial charge in [-0.3, -0.25) is 0 Å². The number of hydrogen-bond donors (Lipinski definition) is 0. The summed E-state index contributed by atoms with van der Waals surface area (Å²) in [7, 11) is 2.73. The molecule has 0 aliphatic heterocycles. The van der Waals surface area contributed by atoms with E-state index in [1.807, 2.05) is 0 Å². The van der Waals surface area contributed by atoms with Crippen molar-refractivity contribution in [2.75, 3.05) is 12.7 Å². The molecule has 0 aliphatic carbocycles. The minimum Gasteiger partial charge on any atom is -0.138 e. The molecule has 84 valence electrons. The van der Waals surface area contributed by atoms with Gasteiger partial charge in [-0.15, -0.1) is 9.24 Å². The number of rotatable bonds is 7. The third kappa shape index (κ3) is 22.6. The van der Waals surface area contributed by atoms with Gasteiger partial charge in [-0.05, 0) is 24.5 Å². The Labute approximate surface area is 90.5 Å². The summed E-state index contributed by atoms with van der Waals surface area (Å²) in [5.74, 6) is 0. The van der Waals surface area contributed by atoms with Gasteiger partial charge in [-0.1, -0.05) is 44.6 Å².